The second-order valence-electron chi connectivity index (χ2n) is 6.49. The number of likely N-dealkylation sites (N-methyl/N-ethyl adjacent to an activating group) is 1. The van der Waals surface area contributed by atoms with Gasteiger partial charge in [-0.25, -0.2) is 0 Å². The number of carbonyl (C=O) groups excluding carboxylic acids is 2. The maximum atomic E-state index is 12.5. The molecule has 1 fully saturated rings. The fraction of sp³-hybridized carbons (Fsp3) is 0.556. The monoisotopic (exact) mass is 334 g/mol. The molecular formula is C18H26N2O2S. The number of hydrogen-bond acceptors (Lipinski definition) is 3. The Morgan fingerprint density at radius 1 is 1.30 bits per heavy atom. The van der Waals surface area contributed by atoms with Gasteiger partial charge in [-0.15, -0.1) is 11.8 Å². The molecule has 0 unspecified atom stereocenters. The van der Waals surface area contributed by atoms with Crippen molar-refractivity contribution in [2.45, 2.75) is 38.3 Å². The molecule has 126 valence electrons. The maximum Gasteiger partial charge on any atom is 0.236 e. The lowest BCUT2D eigenvalue weighted by atomic mass is 10.1. The fourth-order valence-corrected chi connectivity index (χ4v) is 4.01. The summed E-state index contributed by atoms with van der Waals surface area (Å²) in [4.78, 5) is 28.1. The number of amides is 2. The van der Waals surface area contributed by atoms with Crippen LogP contribution in [-0.4, -0.2) is 47.0 Å². The van der Waals surface area contributed by atoms with Gasteiger partial charge >= 0.3 is 0 Å². The smallest absolute Gasteiger partial charge is 0.236 e. The molecule has 0 N–H and O–H groups in total. The van der Waals surface area contributed by atoms with E-state index in [1.165, 1.54) is 5.56 Å². The second-order valence-corrected chi connectivity index (χ2v) is 7.91. The molecule has 1 aromatic carbocycles. The van der Waals surface area contributed by atoms with Crippen LogP contribution in [0.3, 0.4) is 0 Å². The van der Waals surface area contributed by atoms with Crippen LogP contribution >= 0.6 is 11.8 Å². The Labute approximate surface area is 143 Å². The van der Waals surface area contributed by atoms with Crippen LogP contribution in [0.4, 0.5) is 0 Å². The van der Waals surface area contributed by atoms with E-state index in [0.717, 1.165) is 5.56 Å². The summed E-state index contributed by atoms with van der Waals surface area (Å²) in [5, 5.41) is 0.00746. The van der Waals surface area contributed by atoms with Crippen molar-refractivity contribution in [2.75, 3.05) is 20.1 Å². The Hall–Kier alpha value is -1.49. The average molecular weight is 334 g/mol. The summed E-state index contributed by atoms with van der Waals surface area (Å²) in [5.74, 6) is 0.255. The van der Waals surface area contributed by atoms with E-state index in [0.29, 0.717) is 13.1 Å². The van der Waals surface area contributed by atoms with Crippen LogP contribution in [0, 0.1) is 12.8 Å². The Morgan fingerprint density at radius 3 is 2.48 bits per heavy atom. The molecule has 2 atom stereocenters. The van der Waals surface area contributed by atoms with E-state index in [1.807, 2.05) is 25.7 Å². The molecule has 1 saturated heterocycles. The molecule has 5 heteroatoms. The first-order valence-corrected chi connectivity index (χ1v) is 9.03. The molecule has 2 rings (SSSR count). The summed E-state index contributed by atoms with van der Waals surface area (Å²) < 4.78 is 0. The van der Waals surface area contributed by atoms with E-state index in [2.05, 4.69) is 31.2 Å². The third-order valence-electron chi connectivity index (χ3n) is 4.16. The number of hydrogen-bond donors (Lipinski definition) is 0. The largest absolute Gasteiger partial charge is 0.344 e. The molecule has 0 aliphatic carbocycles. The standard InChI is InChI=1S/C18H26N2O2S/c1-12(2)16(21)19(5)10-11-20-17(22)14(4)23-18(20)15-8-6-13(3)7-9-15/h6-9,12,14,18H,10-11H2,1-5H3/t14-,18-/m0/s1. The van der Waals surface area contributed by atoms with Gasteiger partial charge in [0.25, 0.3) is 0 Å². The van der Waals surface area contributed by atoms with Crippen LogP contribution in [-0.2, 0) is 9.59 Å². The molecule has 4 nitrogen and oxygen atoms in total. The molecule has 1 aliphatic rings. The zero-order valence-electron chi connectivity index (χ0n) is 14.6. The topological polar surface area (TPSA) is 40.6 Å². The normalized spacial score (nSPS) is 21.1. The number of carbonyl (C=O) groups is 2. The number of nitrogens with zero attached hydrogens (tertiary/aromatic N) is 2. The van der Waals surface area contributed by atoms with Crippen LogP contribution in [0.1, 0.15) is 37.3 Å². The highest BCUT2D eigenvalue weighted by Crippen LogP contribution is 2.42. The number of thioether (sulfide) groups is 1. The molecule has 0 spiro atoms. The van der Waals surface area contributed by atoms with Gasteiger partial charge in [0, 0.05) is 26.1 Å². The van der Waals surface area contributed by atoms with Gasteiger partial charge in [-0.05, 0) is 19.4 Å². The van der Waals surface area contributed by atoms with Crippen LogP contribution in [0.5, 0.6) is 0 Å². The predicted octanol–water partition coefficient (Wildman–Crippen LogP) is 3.07. The summed E-state index contributed by atoms with van der Waals surface area (Å²) in [7, 11) is 1.81. The van der Waals surface area contributed by atoms with Crippen molar-refractivity contribution in [3.05, 3.63) is 35.4 Å². The van der Waals surface area contributed by atoms with Crippen molar-refractivity contribution in [3.8, 4) is 0 Å². The van der Waals surface area contributed by atoms with E-state index in [-0.39, 0.29) is 28.4 Å². The molecule has 0 saturated carbocycles. The lowest BCUT2D eigenvalue weighted by molar-refractivity contribution is -0.135. The van der Waals surface area contributed by atoms with E-state index >= 15 is 0 Å². The van der Waals surface area contributed by atoms with Crippen molar-refractivity contribution >= 4 is 23.6 Å². The summed E-state index contributed by atoms with van der Waals surface area (Å²) in [6, 6.07) is 8.34. The molecule has 23 heavy (non-hydrogen) atoms. The molecule has 0 bridgehead atoms. The van der Waals surface area contributed by atoms with Crippen LogP contribution in [0.2, 0.25) is 0 Å². The highest BCUT2D eigenvalue weighted by Gasteiger charge is 2.38. The first-order chi connectivity index (χ1) is 10.8. The molecule has 2 amide bonds. The predicted molar refractivity (Wildman–Crippen MR) is 95.2 cm³/mol. The molecule has 1 aliphatic heterocycles. The Bertz CT molecular complexity index is 571. The summed E-state index contributed by atoms with van der Waals surface area (Å²) in [6.45, 7) is 8.95. The maximum absolute atomic E-state index is 12.5. The van der Waals surface area contributed by atoms with E-state index in [1.54, 1.807) is 23.7 Å². The van der Waals surface area contributed by atoms with Gasteiger partial charge in [-0.2, -0.15) is 0 Å². The zero-order chi connectivity index (χ0) is 17.1. The lowest BCUT2D eigenvalue weighted by Gasteiger charge is -2.27. The summed E-state index contributed by atoms with van der Waals surface area (Å²) >= 11 is 1.68. The van der Waals surface area contributed by atoms with Crippen molar-refractivity contribution in [1.82, 2.24) is 9.80 Å². The Kier molecular flexibility index (Phi) is 5.74. The van der Waals surface area contributed by atoms with Crippen molar-refractivity contribution < 1.29 is 9.59 Å². The molecule has 1 aromatic rings. The first-order valence-electron chi connectivity index (χ1n) is 8.08. The first kappa shape index (κ1) is 17.9. The minimum Gasteiger partial charge on any atom is -0.344 e. The minimum atomic E-state index is -0.0348. The van der Waals surface area contributed by atoms with Gasteiger partial charge in [-0.3, -0.25) is 9.59 Å². The van der Waals surface area contributed by atoms with Gasteiger partial charge in [-0.1, -0.05) is 43.7 Å². The van der Waals surface area contributed by atoms with E-state index in [9.17, 15) is 9.59 Å². The van der Waals surface area contributed by atoms with Gasteiger partial charge in [0.05, 0.1) is 5.25 Å². The molecule has 0 radical (unpaired) electrons. The van der Waals surface area contributed by atoms with Crippen LogP contribution in [0.25, 0.3) is 0 Å². The lowest BCUT2D eigenvalue weighted by Crippen LogP contribution is -2.40. The van der Waals surface area contributed by atoms with Crippen LogP contribution < -0.4 is 0 Å². The summed E-state index contributed by atoms with van der Waals surface area (Å²) in [6.07, 6.45) is 0. The van der Waals surface area contributed by atoms with Crippen molar-refractivity contribution in [3.63, 3.8) is 0 Å². The molecule has 1 heterocycles. The van der Waals surface area contributed by atoms with Gasteiger partial charge in [0.1, 0.15) is 5.37 Å². The number of rotatable bonds is 5. The van der Waals surface area contributed by atoms with Crippen molar-refractivity contribution in [2.24, 2.45) is 5.92 Å². The Morgan fingerprint density at radius 2 is 1.91 bits per heavy atom. The second kappa shape index (κ2) is 7.39. The third kappa shape index (κ3) is 4.08. The van der Waals surface area contributed by atoms with Gasteiger partial charge in [0.15, 0.2) is 0 Å². The molecule has 0 aromatic heterocycles. The zero-order valence-corrected chi connectivity index (χ0v) is 15.4. The summed E-state index contributed by atoms with van der Waals surface area (Å²) in [5.41, 5.74) is 2.36. The van der Waals surface area contributed by atoms with E-state index in [4.69, 9.17) is 0 Å². The number of aryl methyl sites for hydroxylation is 1. The SMILES string of the molecule is Cc1ccc([C@@H]2S[C@@H](C)C(=O)N2CCN(C)C(=O)C(C)C)cc1. The highest BCUT2D eigenvalue weighted by molar-refractivity contribution is 8.01. The fourth-order valence-electron chi connectivity index (χ4n) is 2.70. The quantitative estimate of drug-likeness (QED) is 0.831. The Balaban J connectivity index is 2.09. The van der Waals surface area contributed by atoms with Gasteiger partial charge in [0.2, 0.25) is 11.8 Å². The highest BCUT2D eigenvalue weighted by atomic mass is 32.2. The van der Waals surface area contributed by atoms with Crippen LogP contribution in [0.15, 0.2) is 24.3 Å². The third-order valence-corrected chi connectivity index (χ3v) is 5.55. The minimum absolute atomic E-state index is 0.0181. The van der Waals surface area contributed by atoms with Gasteiger partial charge < -0.3 is 9.80 Å². The van der Waals surface area contributed by atoms with Crippen molar-refractivity contribution in [1.29, 1.82) is 0 Å². The number of benzene rings is 1. The average Bonchev–Trinajstić information content (AvgIpc) is 2.80. The van der Waals surface area contributed by atoms with E-state index < -0.39 is 0 Å². The molecular weight excluding hydrogens is 308 g/mol.